The first-order valence-electron chi connectivity index (χ1n) is 6.00. The molecule has 1 aromatic carbocycles. The highest BCUT2D eigenvalue weighted by Gasteiger charge is 2.11. The number of nitrogens with two attached hydrogens (primary N) is 1. The Morgan fingerprint density at radius 2 is 1.69 bits per heavy atom. The lowest BCUT2D eigenvalue weighted by molar-refractivity contribution is 0.306. The van der Waals surface area contributed by atoms with E-state index in [1.807, 2.05) is 0 Å². The topological polar surface area (TPSA) is 29.3 Å². The number of nitrogens with zero attached hydrogens (tertiary/aromatic N) is 1. The van der Waals surface area contributed by atoms with Crippen LogP contribution in [0.2, 0.25) is 0 Å². The fraction of sp³-hybridized carbons (Fsp3) is 0.571. The molecule has 0 spiro atoms. The van der Waals surface area contributed by atoms with Crippen LogP contribution in [0.1, 0.15) is 31.0 Å². The lowest BCUT2D eigenvalue weighted by Crippen LogP contribution is -2.27. The Hall–Kier alpha value is -0.860. The van der Waals surface area contributed by atoms with Crippen molar-refractivity contribution in [2.75, 3.05) is 20.6 Å². The van der Waals surface area contributed by atoms with Crippen molar-refractivity contribution < 1.29 is 0 Å². The number of rotatable bonds is 5. The molecule has 0 aliphatic carbocycles. The Bertz CT molecular complexity index is 301. The third-order valence-electron chi connectivity index (χ3n) is 2.86. The molecule has 0 aliphatic heterocycles. The summed E-state index contributed by atoms with van der Waals surface area (Å²) in [6.45, 7) is 5.16. The van der Waals surface area contributed by atoms with Gasteiger partial charge in [-0.15, -0.1) is 0 Å². The summed E-state index contributed by atoms with van der Waals surface area (Å²) < 4.78 is 0. The van der Waals surface area contributed by atoms with Gasteiger partial charge in [-0.3, -0.25) is 0 Å². The normalized spacial score (nSPS) is 13.4. The lowest BCUT2D eigenvalue weighted by Gasteiger charge is -2.23. The maximum absolute atomic E-state index is 5.78. The van der Waals surface area contributed by atoms with Gasteiger partial charge in [0.1, 0.15) is 0 Å². The third-order valence-corrected chi connectivity index (χ3v) is 2.86. The minimum Gasteiger partial charge on any atom is -0.329 e. The maximum atomic E-state index is 5.78. The van der Waals surface area contributed by atoms with E-state index in [2.05, 4.69) is 57.1 Å². The predicted molar refractivity (Wildman–Crippen MR) is 70.5 cm³/mol. The lowest BCUT2D eigenvalue weighted by atomic mass is 9.99. The molecular formula is C14H24N2. The minimum atomic E-state index is 0.327. The first-order chi connectivity index (χ1) is 7.54. The van der Waals surface area contributed by atoms with E-state index in [1.165, 1.54) is 11.1 Å². The van der Waals surface area contributed by atoms with Crippen LogP contribution in [-0.2, 0) is 6.42 Å². The standard InChI is InChI=1S/C14H24N2/c1-11(2)9-12-5-7-13(8-6-12)14(10-15)16(3)4/h5-8,11,14H,9-10,15H2,1-4H3/t14-/m0/s1. The van der Waals surface area contributed by atoms with Crippen molar-refractivity contribution in [3.8, 4) is 0 Å². The molecule has 2 heteroatoms. The van der Waals surface area contributed by atoms with Crippen LogP contribution in [-0.4, -0.2) is 25.5 Å². The molecule has 0 radical (unpaired) electrons. The summed E-state index contributed by atoms with van der Waals surface area (Å²) in [6, 6.07) is 9.18. The number of likely N-dealkylation sites (N-methyl/N-ethyl adjacent to an activating group) is 1. The van der Waals surface area contributed by atoms with E-state index in [0.29, 0.717) is 18.5 Å². The summed E-state index contributed by atoms with van der Waals surface area (Å²) in [4.78, 5) is 2.16. The molecule has 0 aliphatic rings. The molecule has 0 amide bonds. The molecule has 0 unspecified atom stereocenters. The Morgan fingerprint density at radius 1 is 1.12 bits per heavy atom. The Balaban J connectivity index is 2.77. The van der Waals surface area contributed by atoms with Crippen molar-refractivity contribution in [3.63, 3.8) is 0 Å². The van der Waals surface area contributed by atoms with Crippen LogP contribution in [0.4, 0.5) is 0 Å². The molecule has 2 nitrogen and oxygen atoms in total. The second-order valence-electron chi connectivity index (χ2n) is 5.05. The highest BCUT2D eigenvalue weighted by molar-refractivity contribution is 5.25. The van der Waals surface area contributed by atoms with Gasteiger partial charge in [0.15, 0.2) is 0 Å². The van der Waals surface area contributed by atoms with Gasteiger partial charge in [-0.2, -0.15) is 0 Å². The van der Waals surface area contributed by atoms with Crippen LogP contribution in [0.5, 0.6) is 0 Å². The first-order valence-corrected chi connectivity index (χ1v) is 6.00. The summed E-state index contributed by atoms with van der Waals surface area (Å²) in [5.41, 5.74) is 8.50. The third kappa shape index (κ3) is 3.62. The fourth-order valence-electron chi connectivity index (χ4n) is 1.99. The summed E-state index contributed by atoms with van der Waals surface area (Å²) in [5, 5.41) is 0. The largest absolute Gasteiger partial charge is 0.329 e. The van der Waals surface area contributed by atoms with Gasteiger partial charge in [-0.05, 0) is 37.6 Å². The quantitative estimate of drug-likeness (QED) is 0.826. The number of benzene rings is 1. The molecule has 0 bridgehead atoms. The van der Waals surface area contributed by atoms with Crippen LogP contribution in [0.25, 0.3) is 0 Å². The molecular weight excluding hydrogens is 196 g/mol. The Kier molecular flexibility index (Phi) is 4.97. The molecule has 1 atom stereocenters. The molecule has 0 aromatic heterocycles. The molecule has 2 N–H and O–H groups in total. The van der Waals surface area contributed by atoms with Crippen molar-refractivity contribution in [2.24, 2.45) is 11.7 Å². The van der Waals surface area contributed by atoms with E-state index in [9.17, 15) is 0 Å². The zero-order valence-electron chi connectivity index (χ0n) is 10.9. The minimum absolute atomic E-state index is 0.327. The van der Waals surface area contributed by atoms with Gasteiger partial charge in [0.05, 0.1) is 0 Å². The summed E-state index contributed by atoms with van der Waals surface area (Å²) in [5.74, 6) is 0.713. The van der Waals surface area contributed by atoms with Gasteiger partial charge < -0.3 is 10.6 Å². The van der Waals surface area contributed by atoms with Crippen LogP contribution >= 0.6 is 0 Å². The van der Waals surface area contributed by atoms with Gasteiger partial charge >= 0.3 is 0 Å². The van der Waals surface area contributed by atoms with Crippen LogP contribution in [0.3, 0.4) is 0 Å². The fourth-order valence-corrected chi connectivity index (χ4v) is 1.99. The van der Waals surface area contributed by atoms with Gasteiger partial charge in [-0.25, -0.2) is 0 Å². The molecule has 0 heterocycles. The SMILES string of the molecule is CC(C)Cc1ccc([C@H](CN)N(C)C)cc1. The van der Waals surface area contributed by atoms with E-state index >= 15 is 0 Å². The van der Waals surface area contributed by atoms with E-state index in [4.69, 9.17) is 5.73 Å². The Morgan fingerprint density at radius 3 is 2.06 bits per heavy atom. The highest BCUT2D eigenvalue weighted by Crippen LogP contribution is 2.18. The monoisotopic (exact) mass is 220 g/mol. The molecule has 0 saturated carbocycles. The van der Waals surface area contributed by atoms with Crippen molar-refractivity contribution in [1.82, 2.24) is 4.90 Å². The van der Waals surface area contributed by atoms with Crippen LogP contribution in [0, 0.1) is 5.92 Å². The van der Waals surface area contributed by atoms with Gasteiger partial charge in [0.25, 0.3) is 0 Å². The average molecular weight is 220 g/mol. The molecule has 1 aromatic rings. The summed E-state index contributed by atoms with van der Waals surface area (Å²) >= 11 is 0. The average Bonchev–Trinajstić information content (AvgIpc) is 2.20. The molecule has 0 saturated heterocycles. The second-order valence-corrected chi connectivity index (χ2v) is 5.05. The van der Waals surface area contributed by atoms with E-state index in [0.717, 1.165) is 6.42 Å². The Labute approximate surface area is 99.5 Å². The van der Waals surface area contributed by atoms with Crippen LogP contribution < -0.4 is 5.73 Å². The molecule has 0 fully saturated rings. The van der Waals surface area contributed by atoms with Crippen LogP contribution in [0.15, 0.2) is 24.3 Å². The maximum Gasteiger partial charge on any atom is 0.0464 e. The van der Waals surface area contributed by atoms with E-state index in [-0.39, 0.29) is 0 Å². The highest BCUT2D eigenvalue weighted by atomic mass is 15.1. The van der Waals surface area contributed by atoms with Crippen molar-refractivity contribution in [1.29, 1.82) is 0 Å². The smallest absolute Gasteiger partial charge is 0.0464 e. The number of hydrogen-bond donors (Lipinski definition) is 1. The molecule has 16 heavy (non-hydrogen) atoms. The van der Waals surface area contributed by atoms with E-state index < -0.39 is 0 Å². The van der Waals surface area contributed by atoms with Crippen molar-refractivity contribution in [2.45, 2.75) is 26.3 Å². The number of hydrogen-bond acceptors (Lipinski definition) is 2. The molecule has 90 valence electrons. The van der Waals surface area contributed by atoms with Crippen molar-refractivity contribution >= 4 is 0 Å². The summed E-state index contributed by atoms with van der Waals surface area (Å²) in [6.07, 6.45) is 1.15. The zero-order valence-corrected chi connectivity index (χ0v) is 10.9. The second kappa shape index (κ2) is 6.02. The van der Waals surface area contributed by atoms with Gasteiger partial charge in [0.2, 0.25) is 0 Å². The zero-order chi connectivity index (χ0) is 12.1. The first kappa shape index (κ1) is 13.2. The van der Waals surface area contributed by atoms with Crippen molar-refractivity contribution in [3.05, 3.63) is 35.4 Å². The molecule has 1 rings (SSSR count). The van der Waals surface area contributed by atoms with Gasteiger partial charge in [0, 0.05) is 12.6 Å². The van der Waals surface area contributed by atoms with E-state index in [1.54, 1.807) is 0 Å². The van der Waals surface area contributed by atoms with Gasteiger partial charge in [-0.1, -0.05) is 38.1 Å². The summed E-state index contributed by atoms with van der Waals surface area (Å²) in [7, 11) is 4.14. The predicted octanol–water partition coefficient (Wildman–Crippen LogP) is 2.45.